The van der Waals surface area contributed by atoms with E-state index in [1.165, 1.54) is 61.3 Å². The molecule has 5 heteroatoms. The van der Waals surface area contributed by atoms with Gasteiger partial charge in [-0.2, -0.15) is 0 Å². The lowest BCUT2D eigenvalue weighted by Crippen LogP contribution is -2.46. The Labute approximate surface area is 260 Å². The highest BCUT2D eigenvalue weighted by Crippen LogP contribution is 2.50. The molecule has 0 N–H and O–H groups in total. The quantitative estimate of drug-likeness (QED) is 0.223. The standard InChI is InChI=1S/C38H40N2O2S/c1-6-30-25(3)36-35(26(4)34(30)27-13-11-24(2)12-14-27)31-16-15-28(21-29(31)22-40(36)43-5)37(41)39-19-17-38(18-20-39)23-42-33-10-8-7-9-32(33)38/h7-16,21H,6,17-20,22-23H2,1-5H3. The number of carbonyl (C=O) groups is 1. The Morgan fingerprint density at radius 1 is 0.930 bits per heavy atom. The van der Waals surface area contributed by atoms with Gasteiger partial charge in [0.25, 0.3) is 5.91 Å². The third-order valence-electron chi connectivity index (χ3n) is 10.2. The van der Waals surface area contributed by atoms with Gasteiger partial charge >= 0.3 is 0 Å². The van der Waals surface area contributed by atoms with Gasteiger partial charge in [0.05, 0.1) is 18.8 Å². The first-order valence-corrected chi connectivity index (χ1v) is 16.7. The van der Waals surface area contributed by atoms with E-state index >= 15 is 0 Å². The van der Waals surface area contributed by atoms with E-state index in [0.717, 1.165) is 56.8 Å². The highest BCUT2D eigenvalue weighted by Gasteiger charge is 2.43. The maximum atomic E-state index is 13.9. The first kappa shape index (κ1) is 28.1. The highest BCUT2D eigenvalue weighted by atomic mass is 32.2. The summed E-state index contributed by atoms with van der Waals surface area (Å²) in [7, 11) is 0. The SMILES string of the molecule is CCc1c(C)c2c(c(C)c1-c1ccc(C)cc1)-c1ccc(C(=O)N3CCC4(CC3)COc3ccccc34)cc1CN2SC. The van der Waals surface area contributed by atoms with Gasteiger partial charge < -0.3 is 13.9 Å². The van der Waals surface area contributed by atoms with Gasteiger partial charge in [-0.15, -0.1) is 0 Å². The lowest BCUT2D eigenvalue weighted by atomic mass is 9.74. The van der Waals surface area contributed by atoms with E-state index in [1.807, 2.05) is 6.07 Å². The van der Waals surface area contributed by atoms with E-state index in [-0.39, 0.29) is 11.3 Å². The zero-order valence-corrected chi connectivity index (χ0v) is 26.7. The second-order valence-corrected chi connectivity index (χ2v) is 13.3. The average Bonchev–Trinajstić information content (AvgIpc) is 3.39. The zero-order valence-electron chi connectivity index (χ0n) is 25.9. The number of para-hydroxylation sites is 1. The lowest BCUT2D eigenvalue weighted by Gasteiger charge is -2.39. The number of hydrogen-bond donors (Lipinski definition) is 0. The fourth-order valence-electron chi connectivity index (χ4n) is 7.79. The molecule has 3 aliphatic rings. The van der Waals surface area contributed by atoms with Crippen molar-refractivity contribution < 1.29 is 9.53 Å². The first-order valence-electron chi connectivity index (χ1n) is 15.5. The minimum atomic E-state index is 0.0354. The summed E-state index contributed by atoms with van der Waals surface area (Å²) < 4.78 is 8.47. The number of nitrogens with zero attached hydrogens (tertiary/aromatic N) is 2. The summed E-state index contributed by atoms with van der Waals surface area (Å²) in [5, 5.41) is 0. The number of aryl methyl sites for hydroxylation is 1. The van der Waals surface area contributed by atoms with Gasteiger partial charge in [0.15, 0.2) is 0 Å². The van der Waals surface area contributed by atoms with Crippen LogP contribution in [0.2, 0.25) is 0 Å². The number of benzene rings is 4. The van der Waals surface area contributed by atoms with Crippen molar-refractivity contribution in [1.29, 1.82) is 0 Å². The van der Waals surface area contributed by atoms with Gasteiger partial charge in [-0.05, 0) is 97.2 Å². The molecule has 220 valence electrons. The van der Waals surface area contributed by atoms with Gasteiger partial charge in [0.2, 0.25) is 0 Å². The molecule has 0 unspecified atom stereocenters. The van der Waals surface area contributed by atoms with E-state index in [4.69, 9.17) is 4.74 Å². The molecule has 1 spiro atoms. The van der Waals surface area contributed by atoms with Crippen LogP contribution in [0.4, 0.5) is 5.69 Å². The molecule has 1 fully saturated rings. The molecule has 3 aliphatic heterocycles. The van der Waals surface area contributed by atoms with E-state index in [2.05, 4.69) is 104 Å². The maximum absolute atomic E-state index is 13.9. The second-order valence-electron chi connectivity index (χ2n) is 12.5. The van der Waals surface area contributed by atoms with Crippen molar-refractivity contribution in [1.82, 2.24) is 4.90 Å². The molecule has 7 rings (SSSR count). The molecular formula is C38H40N2O2S. The summed E-state index contributed by atoms with van der Waals surface area (Å²) in [5.41, 5.74) is 15.3. The van der Waals surface area contributed by atoms with Gasteiger partial charge in [0.1, 0.15) is 5.75 Å². The van der Waals surface area contributed by atoms with Crippen molar-refractivity contribution in [2.24, 2.45) is 0 Å². The summed E-state index contributed by atoms with van der Waals surface area (Å²) in [6, 6.07) is 23.8. The fraction of sp³-hybridized carbons (Fsp3) is 0.342. The molecule has 1 saturated heterocycles. The number of ether oxygens (including phenoxy) is 1. The summed E-state index contributed by atoms with van der Waals surface area (Å²) in [5.74, 6) is 1.15. The number of carbonyl (C=O) groups excluding carboxylic acids is 1. The van der Waals surface area contributed by atoms with E-state index in [1.54, 1.807) is 11.9 Å². The molecule has 0 aliphatic carbocycles. The summed E-state index contributed by atoms with van der Waals surface area (Å²) >= 11 is 1.77. The van der Waals surface area contributed by atoms with Crippen LogP contribution in [-0.2, 0) is 18.4 Å². The number of rotatable bonds is 4. The van der Waals surface area contributed by atoms with Gasteiger partial charge in [-0.3, -0.25) is 4.79 Å². The normalized spacial score (nSPS) is 16.5. The largest absolute Gasteiger partial charge is 0.492 e. The van der Waals surface area contributed by atoms with Crippen molar-refractivity contribution in [2.45, 2.75) is 58.9 Å². The van der Waals surface area contributed by atoms with Crippen molar-refractivity contribution in [3.8, 4) is 28.0 Å². The van der Waals surface area contributed by atoms with Gasteiger partial charge in [-0.25, -0.2) is 0 Å². The number of fused-ring (bicyclic) bond motifs is 5. The molecular weight excluding hydrogens is 548 g/mol. The van der Waals surface area contributed by atoms with E-state index in [0.29, 0.717) is 0 Å². The van der Waals surface area contributed by atoms with Crippen LogP contribution in [0.5, 0.6) is 5.75 Å². The summed E-state index contributed by atoms with van der Waals surface area (Å²) in [6.45, 7) is 12.0. The second kappa shape index (κ2) is 10.8. The van der Waals surface area contributed by atoms with Crippen LogP contribution in [-0.4, -0.2) is 36.8 Å². The van der Waals surface area contributed by atoms with Crippen LogP contribution in [0.1, 0.15) is 63.5 Å². The molecule has 4 nitrogen and oxygen atoms in total. The first-order chi connectivity index (χ1) is 20.8. The topological polar surface area (TPSA) is 32.8 Å². The van der Waals surface area contributed by atoms with Gasteiger partial charge in [0, 0.05) is 41.5 Å². The van der Waals surface area contributed by atoms with Crippen LogP contribution in [0.25, 0.3) is 22.3 Å². The van der Waals surface area contributed by atoms with Crippen LogP contribution in [0, 0.1) is 20.8 Å². The van der Waals surface area contributed by atoms with Crippen LogP contribution < -0.4 is 9.04 Å². The molecule has 0 bridgehead atoms. The van der Waals surface area contributed by atoms with Gasteiger partial charge in [-0.1, -0.05) is 73.0 Å². The van der Waals surface area contributed by atoms with E-state index in [9.17, 15) is 4.79 Å². The van der Waals surface area contributed by atoms with Crippen molar-refractivity contribution in [3.63, 3.8) is 0 Å². The van der Waals surface area contributed by atoms with Crippen LogP contribution in [0.3, 0.4) is 0 Å². The molecule has 3 heterocycles. The molecule has 0 radical (unpaired) electrons. The third-order valence-corrected chi connectivity index (χ3v) is 10.9. The molecule has 0 atom stereocenters. The fourth-order valence-corrected chi connectivity index (χ4v) is 8.47. The van der Waals surface area contributed by atoms with Crippen LogP contribution >= 0.6 is 11.9 Å². The minimum absolute atomic E-state index is 0.0354. The predicted octanol–water partition coefficient (Wildman–Crippen LogP) is 8.67. The zero-order chi connectivity index (χ0) is 29.9. The number of likely N-dealkylation sites (tertiary alicyclic amines) is 1. The maximum Gasteiger partial charge on any atom is 0.253 e. The Bertz CT molecular complexity index is 1730. The number of piperidine rings is 1. The average molecular weight is 589 g/mol. The molecule has 0 aromatic heterocycles. The van der Waals surface area contributed by atoms with Crippen molar-refractivity contribution in [3.05, 3.63) is 106 Å². The molecule has 1 amide bonds. The number of anilines is 1. The predicted molar refractivity (Wildman–Crippen MR) is 179 cm³/mol. The number of hydrogen-bond acceptors (Lipinski definition) is 4. The monoisotopic (exact) mass is 588 g/mol. The highest BCUT2D eigenvalue weighted by molar-refractivity contribution is 7.99. The van der Waals surface area contributed by atoms with Crippen molar-refractivity contribution in [2.75, 3.05) is 30.3 Å². The molecule has 4 aromatic carbocycles. The van der Waals surface area contributed by atoms with E-state index < -0.39 is 0 Å². The lowest BCUT2D eigenvalue weighted by molar-refractivity contribution is 0.0646. The van der Waals surface area contributed by atoms with Crippen molar-refractivity contribution >= 4 is 23.5 Å². The Morgan fingerprint density at radius 3 is 2.40 bits per heavy atom. The third kappa shape index (κ3) is 4.47. The summed E-state index contributed by atoms with van der Waals surface area (Å²) in [6.07, 6.45) is 5.02. The summed E-state index contributed by atoms with van der Waals surface area (Å²) in [4.78, 5) is 15.9. The minimum Gasteiger partial charge on any atom is -0.492 e. The molecule has 0 saturated carbocycles. The van der Waals surface area contributed by atoms with Crippen LogP contribution in [0.15, 0.2) is 66.7 Å². The smallest absolute Gasteiger partial charge is 0.253 e. The number of amides is 1. The Balaban J connectivity index is 1.23. The Morgan fingerprint density at radius 2 is 1.67 bits per heavy atom. The Kier molecular flexibility index (Phi) is 7.04. The Hall–Kier alpha value is -3.70. The molecule has 43 heavy (non-hydrogen) atoms. The molecule has 4 aromatic rings.